The summed E-state index contributed by atoms with van der Waals surface area (Å²) in [6, 6.07) is 8.84. The number of rotatable bonds is 6. The van der Waals surface area contributed by atoms with Gasteiger partial charge in [-0.1, -0.05) is 23.8 Å². The monoisotopic (exact) mass is 367 g/mol. The predicted octanol–water partition coefficient (Wildman–Crippen LogP) is 3.59. The van der Waals surface area contributed by atoms with Crippen molar-refractivity contribution in [1.82, 2.24) is 15.5 Å². The van der Waals surface area contributed by atoms with Gasteiger partial charge in [-0.2, -0.15) is 5.10 Å². The molecule has 0 aliphatic heterocycles. The predicted molar refractivity (Wildman–Crippen MR) is 99.1 cm³/mol. The third-order valence-corrected chi connectivity index (χ3v) is 3.66. The molecule has 1 heterocycles. The van der Waals surface area contributed by atoms with Gasteiger partial charge in [-0.25, -0.2) is 0 Å². The lowest BCUT2D eigenvalue weighted by Gasteiger charge is -2.23. The molecule has 1 aromatic heterocycles. The van der Waals surface area contributed by atoms with Crippen LogP contribution in [0.15, 0.2) is 30.3 Å². The summed E-state index contributed by atoms with van der Waals surface area (Å²) in [6.07, 6.45) is -0.623. The highest BCUT2D eigenvalue weighted by atomic mass is 35.5. The van der Waals surface area contributed by atoms with Crippen LogP contribution in [0.5, 0.6) is 5.75 Å². The Balaban J connectivity index is 2.10. The molecule has 1 unspecified atom stereocenters. The van der Waals surface area contributed by atoms with Crippen LogP contribution < -0.4 is 10.1 Å². The third kappa shape index (κ3) is 5.87. The summed E-state index contributed by atoms with van der Waals surface area (Å²) >= 11 is 11.1. The van der Waals surface area contributed by atoms with E-state index in [0.29, 0.717) is 27.7 Å². The summed E-state index contributed by atoms with van der Waals surface area (Å²) < 4.78 is 6.32. The summed E-state index contributed by atoms with van der Waals surface area (Å²) in [5.74, 6) is 0.604. The summed E-state index contributed by atoms with van der Waals surface area (Å²) in [5, 5.41) is 20.9. The van der Waals surface area contributed by atoms with Gasteiger partial charge in [-0.15, -0.1) is 0 Å². The third-order valence-electron chi connectivity index (χ3n) is 3.20. The van der Waals surface area contributed by atoms with Crippen molar-refractivity contribution in [3.8, 4) is 17.0 Å². The number of aliphatic hydroxyl groups is 1. The fraction of sp³-hybridized carbons (Fsp3) is 0.412. The van der Waals surface area contributed by atoms with E-state index in [0.717, 1.165) is 5.56 Å². The minimum absolute atomic E-state index is 0.0574. The summed E-state index contributed by atoms with van der Waals surface area (Å²) in [5.41, 5.74) is 1.35. The van der Waals surface area contributed by atoms with Crippen molar-refractivity contribution in [1.29, 1.82) is 0 Å². The normalized spacial score (nSPS) is 12.9. The van der Waals surface area contributed by atoms with Crippen molar-refractivity contribution in [2.45, 2.75) is 32.4 Å². The van der Waals surface area contributed by atoms with Crippen LogP contribution in [0.4, 0.5) is 0 Å². The number of hydrogen-bond acceptors (Lipinski definition) is 5. The molecule has 2 aromatic rings. The number of aliphatic hydroxyl groups excluding tert-OH is 1. The van der Waals surface area contributed by atoms with E-state index in [1.165, 1.54) is 0 Å². The van der Waals surface area contributed by atoms with Crippen LogP contribution in [0.2, 0.25) is 5.02 Å². The van der Waals surface area contributed by atoms with E-state index in [4.69, 9.17) is 28.6 Å². The molecule has 0 radical (unpaired) electrons. The van der Waals surface area contributed by atoms with Crippen LogP contribution in [-0.4, -0.2) is 40.1 Å². The van der Waals surface area contributed by atoms with Gasteiger partial charge in [0.05, 0.1) is 5.69 Å². The fourth-order valence-electron chi connectivity index (χ4n) is 1.99. The minimum atomic E-state index is -0.623. The molecule has 0 saturated heterocycles. The number of aromatic amines is 1. The topological polar surface area (TPSA) is 70.2 Å². The quantitative estimate of drug-likeness (QED) is 0.681. The van der Waals surface area contributed by atoms with Gasteiger partial charge in [0.1, 0.15) is 23.1 Å². The van der Waals surface area contributed by atoms with Gasteiger partial charge in [0.15, 0.2) is 0 Å². The SMILES string of the molecule is CC(C)(C)NCC(O)COc1ccc(Cl)cc1-c1ccc(=S)[nH]n1. The number of aromatic nitrogens is 2. The number of nitrogens with one attached hydrogen (secondary N) is 2. The molecule has 130 valence electrons. The first-order chi connectivity index (χ1) is 11.2. The van der Waals surface area contributed by atoms with Crippen LogP contribution in [0.3, 0.4) is 0 Å². The highest BCUT2D eigenvalue weighted by Gasteiger charge is 2.14. The molecule has 0 spiro atoms. The van der Waals surface area contributed by atoms with Gasteiger partial charge < -0.3 is 15.2 Å². The van der Waals surface area contributed by atoms with Gasteiger partial charge in [-0.05, 0) is 51.1 Å². The fourth-order valence-corrected chi connectivity index (χ4v) is 2.28. The molecule has 0 aliphatic carbocycles. The molecule has 0 amide bonds. The molecule has 0 aliphatic rings. The summed E-state index contributed by atoms with van der Waals surface area (Å²) in [6.45, 7) is 6.75. The zero-order valence-electron chi connectivity index (χ0n) is 14.0. The van der Waals surface area contributed by atoms with Gasteiger partial charge >= 0.3 is 0 Å². The van der Waals surface area contributed by atoms with Gasteiger partial charge in [0, 0.05) is 22.7 Å². The van der Waals surface area contributed by atoms with Crippen molar-refractivity contribution in [2.75, 3.05) is 13.2 Å². The lowest BCUT2D eigenvalue weighted by Crippen LogP contribution is -2.42. The van der Waals surface area contributed by atoms with E-state index in [1.54, 1.807) is 30.3 Å². The molecular formula is C17H22ClN3O2S. The largest absolute Gasteiger partial charge is 0.490 e. The average molecular weight is 368 g/mol. The first-order valence-corrected chi connectivity index (χ1v) is 8.45. The van der Waals surface area contributed by atoms with Crippen molar-refractivity contribution >= 4 is 23.8 Å². The molecule has 5 nitrogen and oxygen atoms in total. The molecule has 7 heteroatoms. The molecule has 1 aromatic carbocycles. The van der Waals surface area contributed by atoms with Crippen LogP contribution in [-0.2, 0) is 0 Å². The number of H-pyrrole nitrogens is 1. The van der Waals surface area contributed by atoms with Crippen molar-refractivity contribution in [3.63, 3.8) is 0 Å². The Labute approximate surface area is 152 Å². The van der Waals surface area contributed by atoms with Crippen molar-refractivity contribution in [3.05, 3.63) is 40.0 Å². The lowest BCUT2D eigenvalue weighted by molar-refractivity contribution is 0.100. The molecule has 3 N–H and O–H groups in total. The number of benzene rings is 1. The van der Waals surface area contributed by atoms with E-state index in [1.807, 2.05) is 20.8 Å². The van der Waals surface area contributed by atoms with Gasteiger partial charge in [0.2, 0.25) is 0 Å². The summed E-state index contributed by atoms with van der Waals surface area (Å²) in [7, 11) is 0. The highest BCUT2D eigenvalue weighted by Crippen LogP contribution is 2.31. The molecular weight excluding hydrogens is 346 g/mol. The highest BCUT2D eigenvalue weighted by molar-refractivity contribution is 7.71. The Morgan fingerprint density at radius 2 is 2.08 bits per heavy atom. The standard InChI is InChI=1S/C17H22ClN3O2S/c1-17(2,3)19-9-12(22)10-23-15-6-4-11(18)8-13(15)14-5-7-16(24)21-20-14/h4-8,12,19,22H,9-10H2,1-3H3,(H,21,24). The maximum Gasteiger partial charge on any atom is 0.129 e. The Bertz CT molecular complexity index is 723. The van der Waals surface area contributed by atoms with E-state index in [-0.39, 0.29) is 12.1 Å². The Hall–Kier alpha value is -1.47. The van der Waals surface area contributed by atoms with E-state index >= 15 is 0 Å². The second-order valence-electron chi connectivity index (χ2n) is 6.54. The van der Waals surface area contributed by atoms with E-state index in [2.05, 4.69) is 15.5 Å². The Kier molecular flexibility index (Phi) is 6.34. The molecule has 1 atom stereocenters. The van der Waals surface area contributed by atoms with Gasteiger partial charge in [-0.3, -0.25) is 5.10 Å². The first kappa shape index (κ1) is 18.9. The molecule has 0 bridgehead atoms. The maximum absolute atomic E-state index is 10.1. The zero-order valence-corrected chi connectivity index (χ0v) is 15.5. The van der Waals surface area contributed by atoms with E-state index < -0.39 is 6.10 Å². The molecule has 2 rings (SSSR count). The smallest absolute Gasteiger partial charge is 0.129 e. The molecule has 24 heavy (non-hydrogen) atoms. The molecule has 0 saturated carbocycles. The minimum Gasteiger partial charge on any atom is -0.490 e. The number of β-amino-alcohol motifs (C(OH)–C–C–N with tert-alkyl or cyclic N) is 1. The number of halogens is 1. The van der Waals surface area contributed by atoms with Crippen LogP contribution in [0.1, 0.15) is 20.8 Å². The van der Waals surface area contributed by atoms with E-state index in [9.17, 15) is 5.11 Å². The van der Waals surface area contributed by atoms with Gasteiger partial charge in [0.25, 0.3) is 0 Å². The second-order valence-corrected chi connectivity index (χ2v) is 7.42. The first-order valence-electron chi connectivity index (χ1n) is 7.66. The number of nitrogens with zero attached hydrogens (tertiary/aromatic N) is 1. The van der Waals surface area contributed by atoms with Crippen LogP contribution >= 0.6 is 23.8 Å². The lowest BCUT2D eigenvalue weighted by atomic mass is 10.1. The maximum atomic E-state index is 10.1. The second kappa shape index (κ2) is 8.07. The zero-order chi connectivity index (χ0) is 17.7. The average Bonchev–Trinajstić information content (AvgIpc) is 2.52. The number of ether oxygens (including phenoxy) is 1. The number of hydrogen-bond donors (Lipinski definition) is 3. The van der Waals surface area contributed by atoms with Crippen molar-refractivity contribution in [2.24, 2.45) is 0 Å². The Morgan fingerprint density at radius 1 is 1.33 bits per heavy atom. The molecule has 0 fully saturated rings. The Morgan fingerprint density at radius 3 is 2.71 bits per heavy atom. The van der Waals surface area contributed by atoms with Crippen molar-refractivity contribution < 1.29 is 9.84 Å². The van der Waals surface area contributed by atoms with Crippen LogP contribution in [0, 0.1) is 4.64 Å². The van der Waals surface area contributed by atoms with Crippen LogP contribution in [0.25, 0.3) is 11.3 Å². The summed E-state index contributed by atoms with van der Waals surface area (Å²) in [4.78, 5) is 0.